The Kier molecular flexibility index (Phi) is 5.23. The molecule has 1 aliphatic heterocycles. The smallest absolute Gasteiger partial charge is 0.252 e. The molecular formula is C14H24N2O2S2. The molecule has 1 aromatic heterocycles. The maximum absolute atomic E-state index is 12.6. The Labute approximate surface area is 126 Å². The summed E-state index contributed by atoms with van der Waals surface area (Å²) < 4.78 is 27.3. The minimum absolute atomic E-state index is 0.469. The highest BCUT2D eigenvalue weighted by Crippen LogP contribution is 2.31. The zero-order valence-electron chi connectivity index (χ0n) is 12.5. The van der Waals surface area contributed by atoms with Crippen LogP contribution in [0.25, 0.3) is 0 Å². The molecule has 1 aromatic rings. The molecule has 1 unspecified atom stereocenters. The second-order valence-electron chi connectivity index (χ2n) is 5.61. The average Bonchev–Trinajstić information content (AvgIpc) is 2.97. The van der Waals surface area contributed by atoms with Crippen LogP contribution in [0.3, 0.4) is 0 Å². The van der Waals surface area contributed by atoms with Gasteiger partial charge in [0.15, 0.2) is 0 Å². The van der Waals surface area contributed by atoms with Crippen LogP contribution in [0.4, 0.5) is 0 Å². The van der Waals surface area contributed by atoms with Crippen LogP contribution in [-0.4, -0.2) is 32.4 Å². The van der Waals surface area contributed by atoms with Gasteiger partial charge < -0.3 is 5.32 Å². The Hall–Kier alpha value is -0.430. The van der Waals surface area contributed by atoms with Crippen LogP contribution in [0.5, 0.6) is 0 Å². The van der Waals surface area contributed by atoms with Gasteiger partial charge in [0.2, 0.25) is 0 Å². The first-order valence-corrected chi connectivity index (χ1v) is 9.51. The fraction of sp³-hybridized carbons (Fsp3) is 0.714. The third-order valence-corrected chi connectivity index (χ3v) is 7.24. The third kappa shape index (κ3) is 3.42. The zero-order valence-corrected chi connectivity index (χ0v) is 14.1. The molecule has 1 saturated heterocycles. The van der Waals surface area contributed by atoms with Crippen LogP contribution in [0.15, 0.2) is 10.3 Å². The second-order valence-corrected chi connectivity index (χ2v) is 8.91. The third-order valence-electron chi connectivity index (χ3n) is 3.69. The Balaban J connectivity index is 2.14. The summed E-state index contributed by atoms with van der Waals surface area (Å²) in [6.07, 6.45) is 2.05. The van der Waals surface area contributed by atoms with Gasteiger partial charge in [-0.1, -0.05) is 13.8 Å². The van der Waals surface area contributed by atoms with E-state index in [1.54, 1.807) is 4.31 Å². The number of hydrogen-bond donors (Lipinski definition) is 1. The van der Waals surface area contributed by atoms with Crippen molar-refractivity contribution in [3.63, 3.8) is 0 Å². The first kappa shape index (κ1) is 15.9. The van der Waals surface area contributed by atoms with E-state index in [-0.39, 0.29) is 0 Å². The summed E-state index contributed by atoms with van der Waals surface area (Å²) in [6, 6.07) is 1.83. The highest BCUT2D eigenvalue weighted by atomic mass is 32.2. The summed E-state index contributed by atoms with van der Waals surface area (Å²) in [5, 5.41) is 3.34. The SMILES string of the molecule is CCCNCc1sc(S(=O)(=O)N2CCC(C)C2)cc1C. The normalized spacial score (nSPS) is 20.6. The molecule has 0 bridgehead atoms. The molecule has 4 nitrogen and oxygen atoms in total. The molecule has 0 saturated carbocycles. The fourth-order valence-corrected chi connectivity index (χ4v) is 5.70. The molecule has 0 spiro atoms. The number of nitrogens with one attached hydrogen (secondary N) is 1. The summed E-state index contributed by atoms with van der Waals surface area (Å²) in [7, 11) is -3.28. The predicted octanol–water partition coefficient (Wildman–Crippen LogP) is 2.59. The van der Waals surface area contributed by atoms with E-state index in [4.69, 9.17) is 0 Å². The van der Waals surface area contributed by atoms with Gasteiger partial charge >= 0.3 is 0 Å². The van der Waals surface area contributed by atoms with Crippen molar-refractivity contribution < 1.29 is 8.42 Å². The van der Waals surface area contributed by atoms with Crippen molar-refractivity contribution in [3.05, 3.63) is 16.5 Å². The van der Waals surface area contributed by atoms with Gasteiger partial charge in [-0.2, -0.15) is 4.31 Å². The molecule has 114 valence electrons. The minimum atomic E-state index is -3.28. The topological polar surface area (TPSA) is 49.4 Å². The lowest BCUT2D eigenvalue weighted by atomic mass is 10.2. The Morgan fingerprint density at radius 3 is 2.85 bits per heavy atom. The number of thiophene rings is 1. The first-order chi connectivity index (χ1) is 9.45. The van der Waals surface area contributed by atoms with Crippen molar-refractivity contribution in [1.29, 1.82) is 0 Å². The van der Waals surface area contributed by atoms with E-state index in [2.05, 4.69) is 19.2 Å². The molecule has 0 amide bonds. The van der Waals surface area contributed by atoms with Gasteiger partial charge in [0.05, 0.1) is 0 Å². The first-order valence-electron chi connectivity index (χ1n) is 7.25. The van der Waals surface area contributed by atoms with E-state index in [0.717, 1.165) is 36.4 Å². The molecule has 1 N–H and O–H groups in total. The van der Waals surface area contributed by atoms with Crippen molar-refractivity contribution >= 4 is 21.4 Å². The van der Waals surface area contributed by atoms with E-state index in [1.807, 2.05) is 13.0 Å². The van der Waals surface area contributed by atoms with Crippen molar-refractivity contribution in [2.24, 2.45) is 5.92 Å². The van der Waals surface area contributed by atoms with Crippen LogP contribution in [0, 0.1) is 12.8 Å². The van der Waals surface area contributed by atoms with E-state index in [0.29, 0.717) is 23.2 Å². The van der Waals surface area contributed by atoms with Crippen LogP contribution < -0.4 is 5.32 Å². The van der Waals surface area contributed by atoms with Gasteiger partial charge in [0, 0.05) is 24.5 Å². The van der Waals surface area contributed by atoms with Crippen LogP contribution >= 0.6 is 11.3 Å². The summed E-state index contributed by atoms with van der Waals surface area (Å²) in [5.74, 6) is 0.469. The number of aryl methyl sites for hydroxylation is 1. The number of hydrogen-bond acceptors (Lipinski definition) is 4. The van der Waals surface area contributed by atoms with Gasteiger partial charge in [-0.25, -0.2) is 8.42 Å². The molecule has 6 heteroatoms. The van der Waals surface area contributed by atoms with Crippen LogP contribution in [0.1, 0.15) is 37.1 Å². The molecule has 1 fully saturated rings. The molecule has 1 aliphatic rings. The Morgan fingerprint density at radius 1 is 1.50 bits per heavy atom. The summed E-state index contributed by atoms with van der Waals surface area (Å²) in [6.45, 7) is 9.25. The van der Waals surface area contributed by atoms with Gasteiger partial charge in [-0.05, 0) is 43.9 Å². The Bertz CT molecular complexity index is 552. The molecule has 2 heterocycles. The lowest BCUT2D eigenvalue weighted by Gasteiger charge is -2.14. The van der Waals surface area contributed by atoms with Gasteiger partial charge in [-0.15, -0.1) is 11.3 Å². The number of nitrogens with zero attached hydrogens (tertiary/aromatic N) is 1. The molecule has 2 rings (SSSR count). The number of sulfonamides is 1. The van der Waals surface area contributed by atoms with Gasteiger partial charge in [0.25, 0.3) is 10.0 Å². The van der Waals surface area contributed by atoms with E-state index in [9.17, 15) is 8.42 Å². The monoisotopic (exact) mass is 316 g/mol. The van der Waals surface area contributed by atoms with Crippen molar-refractivity contribution in [2.45, 2.75) is 44.4 Å². The molecule has 0 radical (unpaired) electrons. The van der Waals surface area contributed by atoms with Crippen LogP contribution in [0.2, 0.25) is 0 Å². The van der Waals surface area contributed by atoms with Crippen molar-refractivity contribution in [1.82, 2.24) is 9.62 Å². The van der Waals surface area contributed by atoms with Crippen molar-refractivity contribution in [3.8, 4) is 0 Å². The quantitative estimate of drug-likeness (QED) is 0.821. The van der Waals surface area contributed by atoms with Crippen molar-refractivity contribution in [2.75, 3.05) is 19.6 Å². The lowest BCUT2D eigenvalue weighted by molar-refractivity contribution is 0.466. The standard InChI is InChI=1S/C14H24N2O2S2/c1-4-6-15-9-13-12(3)8-14(19-13)20(17,18)16-7-5-11(2)10-16/h8,11,15H,4-7,9-10H2,1-3H3. The fourth-order valence-electron chi connectivity index (χ4n) is 2.41. The second kappa shape index (κ2) is 6.56. The molecule has 0 aliphatic carbocycles. The van der Waals surface area contributed by atoms with Gasteiger partial charge in [-0.3, -0.25) is 0 Å². The Morgan fingerprint density at radius 2 is 2.25 bits per heavy atom. The van der Waals surface area contributed by atoms with E-state index < -0.39 is 10.0 Å². The van der Waals surface area contributed by atoms with E-state index in [1.165, 1.54) is 11.3 Å². The number of rotatable bonds is 6. The maximum Gasteiger partial charge on any atom is 0.252 e. The molecule has 0 aromatic carbocycles. The highest BCUT2D eigenvalue weighted by Gasteiger charge is 2.32. The zero-order chi connectivity index (χ0) is 14.8. The van der Waals surface area contributed by atoms with Gasteiger partial charge in [0.1, 0.15) is 4.21 Å². The largest absolute Gasteiger partial charge is 0.312 e. The highest BCUT2D eigenvalue weighted by molar-refractivity contribution is 7.91. The molecular weight excluding hydrogens is 292 g/mol. The minimum Gasteiger partial charge on any atom is -0.312 e. The summed E-state index contributed by atoms with van der Waals surface area (Å²) >= 11 is 1.41. The van der Waals surface area contributed by atoms with Crippen LogP contribution in [-0.2, 0) is 16.6 Å². The maximum atomic E-state index is 12.6. The van der Waals surface area contributed by atoms with E-state index >= 15 is 0 Å². The molecule has 1 atom stereocenters. The summed E-state index contributed by atoms with van der Waals surface area (Å²) in [5.41, 5.74) is 1.07. The lowest BCUT2D eigenvalue weighted by Crippen LogP contribution is -2.28. The summed E-state index contributed by atoms with van der Waals surface area (Å²) in [4.78, 5) is 1.13. The average molecular weight is 316 g/mol. The molecule has 20 heavy (non-hydrogen) atoms. The predicted molar refractivity (Wildman–Crippen MR) is 83.6 cm³/mol.